The first-order valence-electron chi connectivity index (χ1n) is 17.5. The van der Waals surface area contributed by atoms with Crippen LogP contribution in [0.15, 0.2) is 58.3 Å². The molecule has 1 atom stereocenters. The highest BCUT2D eigenvalue weighted by atomic mass is 35.5. The SMILES string of the molecule is CNC(=O)COc1cc2cc(Nc3nc(N4CCN(CC(=O)Nc5ccc6c(c5)n(C)c(=O)n6C5CCC(=O)NC5=O)CC4)ncc3Cl)ccc2n(C)c1=O. The smallest absolute Gasteiger partial charge is 0.329 e. The molecule has 0 bridgehead atoms. The van der Waals surface area contributed by atoms with Crippen LogP contribution in [0.5, 0.6) is 5.75 Å². The number of benzene rings is 2. The third kappa shape index (κ3) is 7.58. The molecule has 5 heterocycles. The van der Waals surface area contributed by atoms with Gasteiger partial charge in [0.1, 0.15) is 11.1 Å². The van der Waals surface area contributed by atoms with E-state index in [2.05, 4.69) is 31.2 Å². The maximum Gasteiger partial charge on any atom is 0.329 e. The molecule has 55 heavy (non-hydrogen) atoms. The minimum absolute atomic E-state index is 0.0450. The Balaban J connectivity index is 0.972. The lowest BCUT2D eigenvalue weighted by Gasteiger charge is -2.34. The van der Waals surface area contributed by atoms with Gasteiger partial charge >= 0.3 is 5.69 Å². The number of carbonyl (C=O) groups is 4. The molecule has 0 saturated carbocycles. The molecule has 0 radical (unpaired) electrons. The number of carbonyl (C=O) groups excluding carboxylic acids is 4. The first-order valence-corrected chi connectivity index (χ1v) is 17.9. The normalized spacial score (nSPS) is 16.3. The number of amides is 4. The van der Waals surface area contributed by atoms with E-state index < -0.39 is 11.9 Å². The number of pyridine rings is 1. The number of imide groups is 1. The van der Waals surface area contributed by atoms with Crippen molar-refractivity contribution in [3.05, 3.63) is 74.5 Å². The molecule has 19 heteroatoms. The number of halogens is 1. The van der Waals surface area contributed by atoms with Gasteiger partial charge in [-0.15, -0.1) is 0 Å². The molecule has 286 valence electrons. The molecule has 1 unspecified atom stereocenters. The molecular formula is C36H38ClN11O7. The van der Waals surface area contributed by atoms with Gasteiger partial charge < -0.3 is 30.2 Å². The molecule has 2 aromatic carbocycles. The van der Waals surface area contributed by atoms with Gasteiger partial charge in [0.15, 0.2) is 18.2 Å². The molecule has 7 rings (SSSR count). The van der Waals surface area contributed by atoms with Crippen LogP contribution >= 0.6 is 11.6 Å². The van der Waals surface area contributed by atoms with Gasteiger partial charge in [0.2, 0.25) is 23.7 Å². The molecule has 3 aromatic heterocycles. The van der Waals surface area contributed by atoms with Crippen LogP contribution in [-0.4, -0.2) is 98.6 Å². The Morgan fingerprint density at radius 3 is 2.42 bits per heavy atom. The number of piperidine rings is 1. The van der Waals surface area contributed by atoms with Crippen LogP contribution in [0.2, 0.25) is 5.02 Å². The lowest BCUT2D eigenvalue weighted by atomic mass is 10.1. The maximum absolute atomic E-state index is 13.1. The molecule has 2 saturated heterocycles. The number of aromatic nitrogens is 5. The molecule has 2 aliphatic heterocycles. The number of likely N-dealkylation sites (N-methyl/N-ethyl adjacent to an activating group) is 1. The van der Waals surface area contributed by atoms with Crippen LogP contribution in [-0.2, 0) is 33.3 Å². The van der Waals surface area contributed by atoms with Gasteiger partial charge in [-0.05, 0) is 48.9 Å². The van der Waals surface area contributed by atoms with Crippen LogP contribution in [0.25, 0.3) is 21.9 Å². The number of nitrogens with one attached hydrogen (secondary N) is 4. The highest BCUT2D eigenvalue weighted by molar-refractivity contribution is 6.33. The van der Waals surface area contributed by atoms with Crippen molar-refractivity contribution in [2.24, 2.45) is 14.1 Å². The highest BCUT2D eigenvalue weighted by Crippen LogP contribution is 2.29. The zero-order valence-electron chi connectivity index (χ0n) is 30.2. The van der Waals surface area contributed by atoms with Gasteiger partial charge in [0.25, 0.3) is 11.5 Å². The summed E-state index contributed by atoms with van der Waals surface area (Å²) in [7, 11) is 4.71. The van der Waals surface area contributed by atoms with E-state index in [9.17, 15) is 28.8 Å². The van der Waals surface area contributed by atoms with Gasteiger partial charge in [-0.3, -0.25) is 43.3 Å². The van der Waals surface area contributed by atoms with Crippen LogP contribution < -0.4 is 42.2 Å². The third-order valence-electron chi connectivity index (χ3n) is 9.74. The Labute approximate surface area is 318 Å². The number of nitrogens with zero attached hydrogens (tertiary/aromatic N) is 7. The topological polar surface area (TPSA) is 207 Å². The van der Waals surface area contributed by atoms with Crippen molar-refractivity contribution in [1.82, 2.24) is 39.2 Å². The fourth-order valence-corrected chi connectivity index (χ4v) is 6.90. The van der Waals surface area contributed by atoms with Gasteiger partial charge in [-0.25, -0.2) is 9.78 Å². The second-order valence-corrected chi connectivity index (χ2v) is 13.7. The van der Waals surface area contributed by atoms with Crippen LogP contribution in [0.3, 0.4) is 0 Å². The number of anilines is 4. The molecular weight excluding hydrogens is 734 g/mol. The zero-order chi connectivity index (χ0) is 39.0. The second kappa shape index (κ2) is 15.2. The molecule has 18 nitrogen and oxygen atoms in total. The summed E-state index contributed by atoms with van der Waals surface area (Å²) in [6.07, 6.45) is 1.90. The van der Waals surface area contributed by atoms with E-state index in [1.54, 1.807) is 50.5 Å². The van der Waals surface area contributed by atoms with E-state index in [-0.39, 0.29) is 60.7 Å². The lowest BCUT2D eigenvalue weighted by Crippen LogP contribution is -2.49. The van der Waals surface area contributed by atoms with Crippen LogP contribution in [0.4, 0.5) is 23.1 Å². The number of ether oxygens (including phenoxy) is 1. The van der Waals surface area contributed by atoms with Gasteiger partial charge in [-0.1, -0.05) is 11.6 Å². The van der Waals surface area contributed by atoms with Crippen molar-refractivity contribution in [2.75, 3.05) is 61.9 Å². The Morgan fingerprint density at radius 2 is 1.67 bits per heavy atom. The second-order valence-electron chi connectivity index (χ2n) is 13.3. The van der Waals surface area contributed by atoms with Crippen molar-refractivity contribution in [1.29, 1.82) is 0 Å². The quantitative estimate of drug-likeness (QED) is 0.148. The monoisotopic (exact) mass is 771 g/mol. The largest absolute Gasteiger partial charge is 0.478 e. The average Bonchev–Trinajstić information content (AvgIpc) is 3.41. The minimum atomic E-state index is -0.795. The number of hydrogen-bond acceptors (Lipinski definition) is 12. The standard InChI is InChI=1S/C36H38ClN11O7/c1-38-31(51)19-55-28-15-20-14-21(4-6-24(20)44(2)34(28)53)41-32-23(37)17-39-35(43-32)47-12-10-46(11-13-47)18-30(50)40-22-5-7-25-27(16-22)45(3)36(54)48(25)26-8-9-29(49)42-33(26)52/h4-7,14-17,26H,8-13,18-19H2,1-3H3,(H,38,51)(H,40,50)(H,39,41,43)(H,42,49,52). The van der Waals surface area contributed by atoms with E-state index in [0.717, 1.165) is 0 Å². The average molecular weight is 772 g/mol. The van der Waals surface area contributed by atoms with E-state index in [4.69, 9.17) is 16.3 Å². The Hall–Kier alpha value is -6.27. The zero-order valence-corrected chi connectivity index (χ0v) is 31.0. The summed E-state index contributed by atoms with van der Waals surface area (Å²) in [5, 5.41) is 11.9. The molecule has 4 N–H and O–H groups in total. The maximum atomic E-state index is 13.1. The van der Waals surface area contributed by atoms with Gasteiger partial charge in [0.05, 0.1) is 29.3 Å². The van der Waals surface area contributed by atoms with Crippen LogP contribution in [0, 0.1) is 0 Å². The predicted octanol–water partition coefficient (Wildman–Crippen LogP) is 1.24. The summed E-state index contributed by atoms with van der Waals surface area (Å²) < 4.78 is 9.74. The molecule has 5 aromatic rings. The molecule has 0 spiro atoms. The van der Waals surface area contributed by atoms with Crippen molar-refractivity contribution in [2.45, 2.75) is 18.9 Å². The number of rotatable bonds is 10. The summed E-state index contributed by atoms with van der Waals surface area (Å²) in [6, 6.07) is 11.3. The molecule has 0 aliphatic carbocycles. The number of aryl methyl sites for hydroxylation is 2. The number of piperazine rings is 1. The minimum Gasteiger partial charge on any atom is -0.478 e. The van der Waals surface area contributed by atoms with E-state index in [1.807, 2.05) is 15.9 Å². The Bertz CT molecular complexity index is 2490. The third-order valence-corrected chi connectivity index (χ3v) is 10.0. The predicted molar refractivity (Wildman–Crippen MR) is 205 cm³/mol. The Kier molecular flexibility index (Phi) is 10.3. The van der Waals surface area contributed by atoms with Gasteiger partial charge in [-0.2, -0.15) is 4.98 Å². The summed E-state index contributed by atoms with van der Waals surface area (Å²) >= 11 is 6.49. The van der Waals surface area contributed by atoms with E-state index >= 15 is 0 Å². The lowest BCUT2D eigenvalue weighted by molar-refractivity contribution is -0.135. The molecule has 2 aliphatic rings. The summed E-state index contributed by atoms with van der Waals surface area (Å²) in [5.74, 6) is -0.561. The first-order chi connectivity index (χ1) is 26.4. The summed E-state index contributed by atoms with van der Waals surface area (Å²) in [5.41, 5.74) is 2.15. The fraction of sp³-hybridized carbons (Fsp3) is 0.333. The fourth-order valence-electron chi connectivity index (χ4n) is 6.76. The van der Waals surface area contributed by atoms with Crippen molar-refractivity contribution in [3.8, 4) is 5.75 Å². The van der Waals surface area contributed by atoms with E-state index in [0.29, 0.717) is 76.3 Å². The highest BCUT2D eigenvalue weighted by Gasteiger charge is 2.31. The Morgan fingerprint density at radius 1 is 0.927 bits per heavy atom. The first kappa shape index (κ1) is 37.1. The summed E-state index contributed by atoms with van der Waals surface area (Å²) in [4.78, 5) is 87.9. The van der Waals surface area contributed by atoms with Gasteiger partial charge in [0, 0.05) is 70.5 Å². The number of hydrogen-bond donors (Lipinski definition) is 4. The molecule has 4 amide bonds. The molecule has 2 fully saturated rings. The van der Waals surface area contributed by atoms with Crippen molar-refractivity contribution < 1.29 is 23.9 Å². The van der Waals surface area contributed by atoms with Crippen LogP contribution in [0.1, 0.15) is 18.9 Å². The summed E-state index contributed by atoms with van der Waals surface area (Å²) in [6.45, 7) is 2.10. The number of fused-ring (bicyclic) bond motifs is 2. The number of imidazole rings is 1. The van der Waals surface area contributed by atoms with Crippen molar-refractivity contribution in [3.63, 3.8) is 0 Å². The van der Waals surface area contributed by atoms with E-state index in [1.165, 1.54) is 26.9 Å². The van der Waals surface area contributed by atoms with Crippen molar-refractivity contribution >= 4 is 80.3 Å².